The van der Waals surface area contributed by atoms with Crippen LogP contribution in [-0.2, 0) is 9.53 Å². The van der Waals surface area contributed by atoms with E-state index in [1.54, 1.807) is 25.3 Å². The Morgan fingerprint density at radius 2 is 2.29 bits per heavy atom. The van der Waals surface area contributed by atoms with Gasteiger partial charge in [-0.25, -0.2) is 0 Å². The minimum absolute atomic E-state index is 0.0156. The molecule has 1 aliphatic heterocycles. The molecule has 1 unspecified atom stereocenters. The van der Waals surface area contributed by atoms with Crippen LogP contribution in [-0.4, -0.2) is 49.4 Å². The van der Waals surface area contributed by atoms with Gasteiger partial charge in [-0.05, 0) is 20.3 Å². The maximum absolute atomic E-state index is 11.8. The second-order valence-electron chi connectivity index (χ2n) is 4.60. The third-order valence-corrected chi connectivity index (χ3v) is 2.81. The summed E-state index contributed by atoms with van der Waals surface area (Å²) < 4.78 is 5.10. The fraction of sp³-hybridized carbons (Fsp3) is 0.667. The molecule has 1 atom stereocenters. The first-order valence-corrected chi connectivity index (χ1v) is 5.77. The lowest BCUT2D eigenvalue weighted by Crippen LogP contribution is -2.48. The summed E-state index contributed by atoms with van der Waals surface area (Å²) in [4.78, 5) is 13.4. The van der Waals surface area contributed by atoms with Gasteiger partial charge >= 0.3 is 0 Å². The molecule has 0 bridgehead atoms. The molecular formula is C12H21N3O2. The molecule has 0 aromatic heterocycles. The number of rotatable bonds is 4. The van der Waals surface area contributed by atoms with E-state index >= 15 is 0 Å². The molecule has 0 spiro atoms. The van der Waals surface area contributed by atoms with E-state index < -0.39 is 0 Å². The first-order valence-electron chi connectivity index (χ1n) is 5.77. The summed E-state index contributed by atoms with van der Waals surface area (Å²) in [5.74, 6) is -0.241. The van der Waals surface area contributed by atoms with Crippen molar-refractivity contribution in [2.45, 2.75) is 32.4 Å². The van der Waals surface area contributed by atoms with E-state index in [1.165, 1.54) is 0 Å². The number of nitrogens with zero attached hydrogens (tertiary/aromatic N) is 1. The number of likely N-dealkylation sites (N-methyl/N-ethyl adjacent to an activating group) is 1. The van der Waals surface area contributed by atoms with Gasteiger partial charge in [-0.3, -0.25) is 10.2 Å². The maximum Gasteiger partial charge on any atom is 0.272 e. The smallest absolute Gasteiger partial charge is 0.272 e. The molecule has 0 saturated carbocycles. The number of ether oxygens (including phenoxy) is 1. The topological polar surface area (TPSA) is 65.4 Å². The van der Waals surface area contributed by atoms with Crippen molar-refractivity contribution in [2.75, 3.05) is 20.8 Å². The molecule has 1 saturated heterocycles. The number of likely N-dealkylation sites (tertiary alicyclic amines) is 1. The molecule has 0 radical (unpaired) electrons. The summed E-state index contributed by atoms with van der Waals surface area (Å²) >= 11 is 0. The molecular weight excluding hydrogens is 218 g/mol. The van der Waals surface area contributed by atoms with E-state index in [-0.39, 0.29) is 17.7 Å². The van der Waals surface area contributed by atoms with Crippen LogP contribution < -0.4 is 5.32 Å². The molecule has 5 heteroatoms. The molecule has 1 aliphatic rings. The summed E-state index contributed by atoms with van der Waals surface area (Å²) in [6, 6.07) is 0.313. The van der Waals surface area contributed by atoms with E-state index in [9.17, 15) is 4.79 Å². The molecule has 17 heavy (non-hydrogen) atoms. The zero-order chi connectivity index (χ0) is 13.0. The van der Waals surface area contributed by atoms with Crippen LogP contribution in [0.15, 0.2) is 11.8 Å². The first kappa shape index (κ1) is 13.7. The molecule has 0 aromatic carbocycles. The Hall–Kier alpha value is -1.36. The maximum atomic E-state index is 11.8. The Kier molecular flexibility index (Phi) is 4.69. The van der Waals surface area contributed by atoms with Gasteiger partial charge in [-0.1, -0.05) is 0 Å². The summed E-state index contributed by atoms with van der Waals surface area (Å²) in [5.41, 5.74) is 0.830. The Morgan fingerprint density at radius 3 is 2.82 bits per heavy atom. The highest BCUT2D eigenvalue weighted by molar-refractivity contribution is 6.44. The van der Waals surface area contributed by atoms with Gasteiger partial charge in [0.05, 0.1) is 12.6 Å². The third-order valence-electron chi connectivity index (χ3n) is 2.81. The van der Waals surface area contributed by atoms with Gasteiger partial charge < -0.3 is 15.0 Å². The average Bonchev–Trinajstić information content (AvgIpc) is 2.28. The van der Waals surface area contributed by atoms with Crippen LogP contribution in [0.2, 0.25) is 0 Å². The predicted molar refractivity (Wildman–Crippen MR) is 67.1 cm³/mol. The number of piperidine rings is 1. The minimum Gasteiger partial charge on any atom is -0.388 e. The van der Waals surface area contributed by atoms with Crippen LogP contribution in [0, 0.1) is 5.41 Å². The molecule has 0 aromatic rings. The summed E-state index contributed by atoms with van der Waals surface area (Å²) in [6.07, 6.45) is 2.44. The highest BCUT2D eigenvalue weighted by Crippen LogP contribution is 2.19. The Bertz CT molecular complexity index is 337. The lowest BCUT2D eigenvalue weighted by Gasteiger charge is -2.33. The number of nitrogens with one attached hydrogen (secondary N) is 2. The van der Waals surface area contributed by atoms with Crippen LogP contribution >= 0.6 is 0 Å². The Morgan fingerprint density at radius 1 is 1.65 bits per heavy atom. The van der Waals surface area contributed by atoms with E-state index in [1.807, 2.05) is 13.8 Å². The zero-order valence-corrected chi connectivity index (χ0v) is 10.9. The van der Waals surface area contributed by atoms with Crippen LogP contribution in [0.3, 0.4) is 0 Å². The summed E-state index contributed by atoms with van der Waals surface area (Å²) in [7, 11) is 3.33. The largest absolute Gasteiger partial charge is 0.388 e. The molecule has 1 rings (SSSR count). The number of methoxy groups -OCH3 is 1. The van der Waals surface area contributed by atoms with Crippen molar-refractivity contribution in [1.82, 2.24) is 10.2 Å². The molecule has 1 amide bonds. The number of hydrogen-bond donors (Lipinski definition) is 2. The summed E-state index contributed by atoms with van der Waals surface area (Å²) in [6.45, 7) is 4.53. The van der Waals surface area contributed by atoms with E-state index in [2.05, 4.69) is 5.32 Å². The second kappa shape index (κ2) is 5.82. The fourth-order valence-electron chi connectivity index (χ4n) is 1.73. The summed E-state index contributed by atoms with van der Waals surface area (Å²) in [5, 5.41) is 10.9. The van der Waals surface area contributed by atoms with Crippen molar-refractivity contribution in [2.24, 2.45) is 0 Å². The van der Waals surface area contributed by atoms with Crippen molar-refractivity contribution in [3.05, 3.63) is 11.8 Å². The number of hydrogen-bond acceptors (Lipinski definition) is 4. The van der Waals surface area contributed by atoms with Crippen molar-refractivity contribution in [3.8, 4) is 0 Å². The molecule has 1 fully saturated rings. The molecule has 5 nitrogen and oxygen atoms in total. The highest BCUT2D eigenvalue weighted by Gasteiger charge is 2.32. The quantitative estimate of drug-likeness (QED) is 0.761. The predicted octanol–water partition coefficient (Wildman–Crippen LogP) is 0.765. The van der Waals surface area contributed by atoms with Crippen LogP contribution in [0.5, 0.6) is 0 Å². The standard InChI is InChI=1S/C12H21N3O2/c1-8(2)14-6-9-5-10(7-17-4)15(3)12(16)11(9)13/h6,8,10,13-14H,5,7H2,1-4H3/b9-6-,13-11?. The molecule has 2 N–H and O–H groups in total. The minimum atomic E-state index is -0.241. The second-order valence-corrected chi connectivity index (χ2v) is 4.60. The van der Waals surface area contributed by atoms with Gasteiger partial charge in [0.1, 0.15) is 5.71 Å². The van der Waals surface area contributed by atoms with Gasteiger partial charge in [0.15, 0.2) is 0 Å². The van der Waals surface area contributed by atoms with E-state index in [0.29, 0.717) is 19.1 Å². The first-order chi connectivity index (χ1) is 7.97. The molecule has 1 heterocycles. The van der Waals surface area contributed by atoms with Gasteiger partial charge in [0.2, 0.25) is 0 Å². The van der Waals surface area contributed by atoms with Crippen LogP contribution in [0.4, 0.5) is 0 Å². The fourth-order valence-corrected chi connectivity index (χ4v) is 1.73. The zero-order valence-electron chi connectivity index (χ0n) is 10.9. The lowest BCUT2D eigenvalue weighted by atomic mass is 9.96. The van der Waals surface area contributed by atoms with E-state index in [0.717, 1.165) is 5.57 Å². The third kappa shape index (κ3) is 3.30. The van der Waals surface area contributed by atoms with Crippen molar-refractivity contribution < 1.29 is 9.53 Å². The molecule has 96 valence electrons. The monoisotopic (exact) mass is 239 g/mol. The number of carbonyl (C=O) groups is 1. The normalized spacial score (nSPS) is 23.7. The van der Waals surface area contributed by atoms with Gasteiger partial charge in [-0.15, -0.1) is 0 Å². The van der Waals surface area contributed by atoms with Crippen molar-refractivity contribution >= 4 is 11.6 Å². The number of amides is 1. The molecule has 0 aliphatic carbocycles. The van der Waals surface area contributed by atoms with Crippen LogP contribution in [0.1, 0.15) is 20.3 Å². The van der Waals surface area contributed by atoms with Gasteiger partial charge in [-0.2, -0.15) is 0 Å². The highest BCUT2D eigenvalue weighted by atomic mass is 16.5. The Labute approximate surface area is 102 Å². The Balaban J connectivity index is 2.81. The van der Waals surface area contributed by atoms with Gasteiger partial charge in [0.25, 0.3) is 5.91 Å². The van der Waals surface area contributed by atoms with Crippen molar-refractivity contribution in [3.63, 3.8) is 0 Å². The van der Waals surface area contributed by atoms with E-state index in [4.69, 9.17) is 10.1 Å². The van der Waals surface area contributed by atoms with Gasteiger partial charge in [0, 0.05) is 32.0 Å². The lowest BCUT2D eigenvalue weighted by molar-refractivity contribution is -0.126. The van der Waals surface area contributed by atoms with Crippen molar-refractivity contribution in [1.29, 1.82) is 5.41 Å². The van der Waals surface area contributed by atoms with Crippen LogP contribution in [0.25, 0.3) is 0 Å². The average molecular weight is 239 g/mol. The SMILES string of the molecule is COCC1C/C(=C/NC(C)C)C(=N)C(=O)N1C. The number of carbonyl (C=O) groups excluding carboxylic acids is 1.